The van der Waals surface area contributed by atoms with E-state index < -0.39 is 0 Å². The van der Waals surface area contributed by atoms with Crippen molar-refractivity contribution in [1.82, 2.24) is 10.2 Å². The quantitative estimate of drug-likeness (QED) is 0.315. The average Bonchev–Trinajstić information content (AvgIpc) is 2.65. The van der Waals surface area contributed by atoms with Gasteiger partial charge in [0.05, 0.1) is 31.9 Å². The van der Waals surface area contributed by atoms with Gasteiger partial charge < -0.3 is 20.5 Å². The van der Waals surface area contributed by atoms with E-state index in [0.29, 0.717) is 24.7 Å². The molecule has 1 aromatic rings. The summed E-state index contributed by atoms with van der Waals surface area (Å²) in [6.07, 6.45) is 1.02. The van der Waals surface area contributed by atoms with Crippen LogP contribution in [0.2, 0.25) is 0 Å². The van der Waals surface area contributed by atoms with Gasteiger partial charge in [0.1, 0.15) is 0 Å². The number of hydrogen-bond donors (Lipinski definition) is 2. The van der Waals surface area contributed by atoms with Crippen molar-refractivity contribution in [3.05, 3.63) is 35.4 Å². The van der Waals surface area contributed by atoms with Gasteiger partial charge in [0.25, 0.3) is 0 Å². The number of hydrogen-bond acceptors (Lipinski definition) is 5. The predicted molar refractivity (Wildman–Crippen MR) is 97.6 cm³/mol. The molecule has 25 heavy (non-hydrogen) atoms. The summed E-state index contributed by atoms with van der Waals surface area (Å²) in [5.74, 6) is 0.135. The summed E-state index contributed by atoms with van der Waals surface area (Å²) < 4.78 is 10.3. The molecular weight excluding hydrogens is 320 g/mol. The second-order valence-corrected chi connectivity index (χ2v) is 5.85. The highest BCUT2D eigenvalue weighted by molar-refractivity contribution is 5.89. The monoisotopic (exact) mass is 348 g/mol. The van der Waals surface area contributed by atoms with Crippen molar-refractivity contribution in [1.29, 1.82) is 0 Å². The van der Waals surface area contributed by atoms with E-state index in [1.807, 2.05) is 12.1 Å². The Morgan fingerprint density at radius 3 is 2.72 bits per heavy atom. The first-order chi connectivity index (χ1) is 12.2. The van der Waals surface area contributed by atoms with Crippen LogP contribution in [-0.4, -0.2) is 62.8 Å². The molecule has 0 saturated carbocycles. The van der Waals surface area contributed by atoms with Crippen LogP contribution in [0, 0.1) is 0 Å². The molecule has 0 aliphatic carbocycles. The maximum absolute atomic E-state index is 11.6. The molecule has 1 heterocycles. The molecule has 1 aliphatic heterocycles. The van der Waals surface area contributed by atoms with E-state index in [4.69, 9.17) is 15.2 Å². The zero-order valence-corrected chi connectivity index (χ0v) is 14.9. The van der Waals surface area contributed by atoms with Crippen LogP contribution in [0.3, 0.4) is 0 Å². The highest BCUT2D eigenvalue weighted by Crippen LogP contribution is 2.07. The molecule has 0 atom stereocenters. The Bertz CT molecular complexity index is 554. The molecule has 1 saturated heterocycles. The molecule has 2 rings (SSSR count). The highest BCUT2D eigenvalue weighted by Gasteiger charge is 2.09. The molecule has 7 nitrogen and oxygen atoms in total. The molecule has 1 fully saturated rings. The Kier molecular flexibility index (Phi) is 8.21. The number of guanidine groups is 1. The van der Waals surface area contributed by atoms with Crippen molar-refractivity contribution >= 4 is 11.9 Å². The zero-order valence-electron chi connectivity index (χ0n) is 14.9. The number of morpholine rings is 1. The third kappa shape index (κ3) is 7.11. The molecule has 0 amide bonds. The van der Waals surface area contributed by atoms with Crippen LogP contribution in [-0.2, 0) is 16.0 Å². The summed E-state index contributed by atoms with van der Waals surface area (Å²) in [6, 6.07) is 7.21. The number of carbonyl (C=O) groups excluding carboxylic acids is 1. The van der Waals surface area contributed by atoms with Gasteiger partial charge in [-0.25, -0.2) is 9.79 Å². The maximum atomic E-state index is 11.6. The van der Waals surface area contributed by atoms with Crippen molar-refractivity contribution in [3.8, 4) is 0 Å². The van der Waals surface area contributed by atoms with Crippen LogP contribution < -0.4 is 11.1 Å². The van der Waals surface area contributed by atoms with Gasteiger partial charge in [0.2, 0.25) is 0 Å². The number of nitrogens with two attached hydrogens (primary N) is 1. The van der Waals surface area contributed by atoms with Gasteiger partial charge in [0, 0.05) is 19.6 Å². The molecule has 0 bridgehead atoms. The number of benzene rings is 1. The normalized spacial score (nSPS) is 15.8. The van der Waals surface area contributed by atoms with Crippen LogP contribution in [0.15, 0.2) is 29.3 Å². The Balaban J connectivity index is 1.66. The lowest BCUT2D eigenvalue weighted by Crippen LogP contribution is -2.39. The standard InChI is InChI=1S/C18H28N4O3/c1-2-25-17(23)16-6-4-15(5-7-16)14-21-18(19)20-8-3-9-22-10-12-24-13-11-22/h4-7H,2-3,8-14H2,1H3,(H3,19,20,21). The molecule has 1 aliphatic rings. The van der Waals surface area contributed by atoms with Gasteiger partial charge >= 0.3 is 5.97 Å². The fraction of sp³-hybridized carbons (Fsp3) is 0.556. The lowest BCUT2D eigenvalue weighted by Gasteiger charge is -2.26. The van der Waals surface area contributed by atoms with E-state index in [0.717, 1.165) is 51.4 Å². The van der Waals surface area contributed by atoms with Gasteiger partial charge in [-0.15, -0.1) is 0 Å². The molecule has 0 radical (unpaired) electrons. The summed E-state index contributed by atoms with van der Waals surface area (Å²) >= 11 is 0. The van der Waals surface area contributed by atoms with Crippen molar-refractivity contribution in [2.24, 2.45) is 10.7 Å². The molecule has 7 heteroatoms. The topological polar surface area (TPSA) is 89.2 Å². The molecule has 0 unspecified atom stereocenters. The Hall–Kier alpha value is -2.12. The van der Waals surface area contributed by atoms with E-state index in [-0.39, 0.29) is 5.97 Å². The first-order valence-corrected chi connectivity index (χ1v) is 8.79. The minimum Gasteiger partial charge on any atom is -0.462 e. The predicted octanol–water partition coefficient (Wildman–Crippen LogP) is 0.990. The second-order valence-electron chi connectivity index (χ2n) is 5.85. The minimum absolute atomic E-state index is 0.306. The largest absolute Gasteiger partial charge is 0.462 e. The Labute approximate surface area is 149 Å². The Morgan fingerprint density at radius 2 is 2.04 bits per heavy atom. The first-order valence-electron chi connectivity index (χ1n) is 8.79. The van der Waals surface area contributed by atoms with Crippen LogP contribution in [0.4, 0.5) is 0 Å². The lowest BCUT2D eigenvalue weighted by molar-refractivity contribution is 0.0376. The molecule has 0 spiro atoms. The average molecular weight is 348 g/mol. The minimum atomic E-state index is -0.306. The molecule has 138 valence electrons. The molecular formula is C18H28N4O3. The van der Waals surface area contributed by atoms with E-state index in [2.05, 4.69) is 15.2 Å². The third-order valence-corrected chi connectivity index (χ3v) is 3.96. The van der Waals surface area contributed by atoms with Gasteiger partial charge in [-0.2, -0.15) is 0 Å². The molecule has 3 N–H and O–H groups in total. The van der Waals surface area contributed by atoms with E-state index >= 15 is 0 Å². The number of carbonyl (C=O) groups is 1. The Morgan fingerprint density at radius 1 is 1.32 bits per heavy atom. The fourth-order valence-corrected chi connectivity index (χ4v) is 2.54. The number of nitrogens with zero attached hydrogens (tertiary/aromatic N) is 2. The van der Waals surface area contributed by atoms with Crippen LogP contribution in [0.5, 0.6) is 0 Å². The summed E-state index contributed by atoms with van der Waals surface area (Å²) in [7, 11) is 0. The van der Waals surface area contributed by atoms with Crippen molar-refractivity contribution in [2.75, 3.05) is 46.0 Å². The first kappa shape index (κ1) is 19.2. The van der Waals surface area contributed by atoms with E-state index in [1.165, 1.54) is 0 Å². The number of aliphatic imine (C=N–C) groups is 1. The van der Waals surface area contributed by atoms with Crippen molar-refractivity contribution in [2.45, 2.75) is 19.9 Å². The second kappa shape index (κ2) is 10.7. The number of rotatable bonds is 8. The lowest BCUT2D eigenvalue weighted by atomic mass is 10.1. The third-order valence-electron chi connectivity index (χ3n) is 3.96. The smallest absolute Gasteiger partial charge is 0.338 e. The van der Waals surface area contributed by atoms with Crippen molar-refractivity contribution in [3.63, 3.8) is 0 Å². The molecule has 0 aromatic heterocycles. The summed E-state index contributed by atoms with van der Waals surface area (Å²) in [5, 5.41) is 3.13. The SMILES string of the molecule is CCOC(=O)c1ccc(CN=C(N)NCCCN2CCOCC2)cc1. The van der Waals surface area contributed by atoms with Crippen LogP contribution in [0.1, 0.15) is 29.3 Å². The van der Waals surface area contributed by atoms with Crippen LogP contribution in [0.25, 0.3) is 0 Å². The molecule has 1 aromatic carbocycles. The van der Waals surface area contributed by atoms with Gasteiger partial charge in [-0.05, 0) is 37.6 Å². The fourth-order valence-electron chi connectivity index (χ4n) is 2.54. The number of ether oxygens (including phenoxy) is 2. The maximum Gasteiger partial charge on any atom is 0.338 e. The highest BCUT2D eigenvalue weighted by atomic mass is 16.5. The zero-order chi connectivity index (χ0) is 17.9. The summed E-state index contributed by atoms with van der Waals surface area (Å²) in [5.41, 5.74) is 7.43. The van der Waals surface area contributed by atoms with Gasteiger partial charge in [-0.3, -0.25) is 4.90 Å². The van der Waals surface area contributed by atoms with Crippen LogP contribution >= 0.6 is 0 Å². The summed E-state index contributed by atoms with van der Waals surface area (Å²) in [6.45, 7) is 8.14. The van der Waals surface area contributed by atoms with Crippen molar-refractivity contribution < 1.29 is 14.3 Å². The number of esters is 1. The van der Waals surface area contributed by atoms with Gasteiger partial charge in [-0.1, -0.05) is 12.1 Å². The van der Waals surface area contributed by atoms with Gasteiger partial charge in [0.15, 0.2) is 5.96 Å². The van der Waals surface area contributed by atoms with E-state index in [1.54, 1.807) is 19.1 Å². The number of nitrogens with one attached hydrogen (secondary N) is 1. The summed E-state index contributed by atoms with van der Waals surface area (Å²) in [4.78, 5) is 18.3. The van der Waals surface area contributed by atoms with E-state index in [9.17, 15) is 4.79 Å².